The Kier molecular flexibility index (Phi) is 5.50. The van der Waals surface area contributed by atoms with Gasteiger partial charge in [0.1, 0.15) is 11.6 Å². The number of rotatable bonds is 6. The van der Waals surface area contributed by atoms with Crippen LogP contribution in [-0.4, -0.2) is 21.6 Å². The molecule has 0 aliphatic heterocycles. The van der Waals surface area contributed by atoms with Crippen molar-refractivity contribution in [1.29, 1.82) is 0 Å². The number of hydrogen-bond donors (Lipinski definition) is 0. The summed E-state index contributed by atoms with van der Waals surface area (Å²) in [6.45, 7) is 0.290. The van der Waals surface area contributed by atoms with Gasteiger partial charge in [0.2, 0.25) is 0 Å². The standard InChI is InChI=1S/C21H17ClFN3OS/c1-27-15-7-5-14(6-8-15)13-28-21-25-19-9-10-24-11-20(19)26(21)12-16-17(22)3-2-4-18(16)23/h2-11H,12-13H2,1H3. The van der Waals surface area contributed by atoms with Crippen molar-refractivity contribution >= 4 is 34.4 Å². The topological polar surface area (TPSA) is 39.9 Å². The summed E-state index contributed by atoms with van der Waals surface area (Å²) in [5.41, 5.74) is 3.25. The van der Waals surface area contributed by atoms with E-state index in [-0.39, 0.29) is 5.82 Å². The summed E-state index contributed by atoms with van der Waals surface area (Å²) in [5.74, 6) is 1.22. The molecule has 0 aliphatic carbocycles. The second-order valence-electron chi connectivity index (χ2n) is 6.18. The molecule has 28 heavy (non-hydrogen) atoms. The zero-order valence-corrected chi connectivity index (χ0v) is 16.7. The average molecular weight is 414 g/mol. The van der Waals surface area contributed by atoms with Crippen LogP contribution in [-0.2, 0) is 12.3 Å². The molecule has 142 valence electrons. The van der Waals surface area contributed by atoms with Crippen LogP contribution < -0.4 is 4.74 Å². The lowest BCUT2D eigenvalue weighted by atomic mass is 10.2. The summed E-state index contributed by atoms with van der Waals surface area (Å²) in [6.07, 6.45) is 3.45. The van der Waals surface area contributed by atoms with E-state index in [1.54, 1.807) is 43.4 Å². The van der Waals surface area contributed by atoms with Crippen LogP contribution in [0, 0.1) is 5.82 Å². The average Bonchev–Trinajstić information content (AvgIpc) is 3.07. The highest BCUT2D eigenvalue weighted by atomic mass is 35.5. The van der Waals surface area contributed by atoms with Crippen LogP contribution in [0.2, 0.25) is 5.02 Å². The largest absolute Gasteiger partial charge is 0.497 e. The van der Waals surface area contributed by atoms with Crippen LogP contribution in [0.4, 0.5) is 4.39 Å². The maximum Gasteiger partial charge on any atom is 0.169 e. The summed E-state index contributed by atoms with van der Waals surface area (Å²) in [7, 11) is 1.65. The molecule has 7 heteroatoms. The number of imidazole rings is 1. The van der Waals surface area contributed by atoms with Crippen molar-refractivity contribution in [3.05, 3.63) is 82.9 Å². The first-order valence-corrected chi connectivity index (χ1v) is 10.0. The maximum atomic E-state index is 14.3. The number of halogens is 2. The minimum Gasteiger partial charge on any atom is -0.497 e. The van der Waals surface area contributed by atoms with Gasteiger partial charge in [-0.3, -0.25) is 4.98 Å². The summed E-state index contributed by atoms with van der Waals surface area (Å²) in [5, 5.41) is 1.19. The van der Waals surface area contributed by atoms with Crippen LogP contribution in [0.5, 0.6) is 5.75 Å². The van der Waals surface area contributed by atoms with E-state index in [1.807, 2.05) is 34.9 Å². The molecule has 4 aromatic rings. The molecule has 2 aromatic heterocycles. The van der Waals surface area contributed by atoms with Gasteiger partial charge in [0.25, 0.3) is 0 Å². The van der Waals surface area contributed by atoms with Gasteiger partial charge in [-0.25, -0.2) is 9.37 Å². The van der Waals surface area contributed by atoms with E-state index in [0.717, 1.165) is 33.3 Å². The van der Waals surface area contributed by atoms with Crippen LogP contribution in [0.1, 0.15) is 11.1 Å². The van der Waals surface area contributed by atoms with Gasteiger partial charge in [0.15, 0.2) is 5.16 Å². The van der Waals surface area contributed by atoms with E-state index in [9.17, 15) is 4.39 Å². The fourth-order valence-corrected chi connectivity index (χ4v) is 4.11. The number of thioether (sulfide) groups is 1. The first-order valence-electron chi connectivity index (χ1n) is 8.64. The van der Waals surface area contributed by atoms with Gasteiger partial charge in [0.05, 0.1) is 30.9 Å². The van der Waals surface area contributed by atoms with Crippen molar-refractivity contribution in [1.82, 2.24) is 14.5 Å². The SMILES string of the molecule is COc1ccc(CSc2nc3ccncc3n2Cc2c(F)cccc2Cl)cc1. The first-order chi connectivity index (χ1) is 13.7. The Hall–Kier alpha value is -2.57. The Morgan fingerprint density at radius 2 is 1.96 bits per heavy atom. The van der Waals surface area contributed by atoms with E-state index in [4.69, 9.17) is 21.3 Å². The molecule has 0 aliphatic rings. The second-order valence-corrected chi connectivity index (χ2v) is 7.53. The maximum absolute atomic E-state index is 14.3. The molecule has 0 unspecified atom stereocenters. The Morgan fingerprint density at radius 3 is 2.71 bits per heavy atom. The Morgan fingerprint density at radius 1 is 1.14 bits per heavy atom. The molecule has 0 radical (unpaired) electrons. The monoisotopic (exact) mass is 413 g/mol. The fourth-order valence-electron chi connectivity index (χ4n) is 2.92. The first kappa shape index (κ1) is 18.8. The van der Waals surface area contributed by atoms with Crippen molar-refractivity contribution in [3.63, 3.8) is 0 Å². The van der Waals surface area contributed by atoms with Gasteiger partial charge in [-0.15, -0.1) is 0 Å². The highest BCUT2D eigenvalue weighted by Crippen LogP contribution is 2.29. The predicted molar refractivity (Wildman–Crippen MR) is 111 cm³/mol. The molecule has 0 bridgehead atoms. The summed E-state index contributed by atoms with van der Waals surface area (Å²) < 4.78 is 21.5. The number of methoxy groups -OCH3 is 1. The zero-order valence-electron chi connectivity index (χ0n) is 15.1. The van der Waals surface area contributed by atoms with E-state index in [0.29, 0.717) is 17.1 Å². The highest BCUT2D eigenvalue weighted by Gasteiger charge is 2.15. The van der Waals surface area contributed by atoms with Gasteiger partial charge in [-0.1, -0.05) is 41.6 Å². The molecule has 0 fully saturated rings. The van der Waals surface area contributed by atoms with Gasteiger partial charge in [-0.05, 0) is 35.9 Å². The van der Waals surface area contributed by atoms with Crippen LogP contribution in [0.3, 0.4) is 0 Å². The second kappa shape index (κ2) is 8.20. The van der Waals surface area contributed by atoms with Gasteiger partial charge < -0.3 is 9.30 Å². The lowest BCUT2D eigenvalue weighted by molar-refractivity contribution is 0.414. The quantitative estimate of drug-likeness (QED) is 0.387. The third kappa shape index (κ3) is 3.84. The number of benzene rings is 2. The van der Waals surface area contributed by atoms with Gasteiger partial charge in [0, 0.05) is 22.5 Å². The Balaban J connectivity index is 1.66. The number of ether oxygens (including phenoxy) is 1. The molecule has 0 saturated heterocycles. The Bertz CT molecular complexity index is 1090. The van der Waals surface area contributed by atoms with Crippen molar-refractivity contribution in [2.24, 2.45) is 0 Å². The van der Waals surface area contributed by atoms with Crippen molar-refractivity contribution in [3.8, 4) is 5.75 Å². The van der Waals surface area contributed by atoms with Crippen LogP contribution >= 0.6 is 23.4 Å². The number of fused-ring (bicyclic) bond motifs is 1. The smallest absolute Gasteiger partial charge is 0.169 e. The number of aromatic nitrogens is 3. The van der Waals surface area contributed by atoms with E-state index >= 15 is 0 Å². The van der Waals surface area contributed by atoms with E-state index in [2.05, 4.69) is 4.98 Å². The molecule has 4 rings (SSSR count). The molecule has 2 heterocycles. The van der Waals surface area contributed by atoms with Crippen molar-refractivity contribution in [2.45, 2.75) is 17.5 Å². The highest BCUT2D eigenvalue weighted by molar-refractivity contribution is 7.98. The third-order valence-corrected chi connectivity index (χ3v) is 5.82. The van der Waals surface area contributed by atoms with Crippen LogP contribution in [0.25, 0.3) is 11.0 Å². The van der Waals surface area contributed by atoms with Crippen molar-refractivity contribution < 1.29 is 9.13 Å². The van der Waals surface area contributed by atoms with E-state index in [1.165, 1.54) is 6.07 Å². The fraction of sp³-hybridized carbons (Fsp3) is 0.143. The molecular weight excluding hydrogens is 397 g/mol. The molecule has 0 saturated carbocycles. The molecule has 0 amide bonds. The summed E-state index contributed by atoms with van der Waals surface area (Å²) >= 11 is 7.83. The van der Waals surface area contributed by atoms with Gasteiger partial charge in [-0.2, -0.15) is 0 Å². The molecular formula is C21H17ClFN3OS. The molecule has 0 N–H and O–H groups in total. The van der Waals surface area contributed by atoms with Gasteiger partial charge >= 0.3 is 0 Å². The molecule has 0 atom stereocenters. The van der Waals surface area contributed by atoms with Crippen molar-refractivity contribution in [2.75, 3.05) is 7.11 Å². The minimum atomic E-state index is -0.329. The number of nitrogens with zero attached hydrogens (tertiary/aromatic N) is 3. The predicted octanol–water partition coefficient (Wildman–Crippen LogP) is 5.57. The minimum absolute atomic E-state index is 0.290. The summed E-state index contributed by atoms with van der Waals surface area (Å²) in [6, 6.07) is 14.5. The lowest BCUT2D eigenvalue weighted by Gasteiger charge is -2.11. The number of pyridine rings is 1. The molecule has 0 spiro atoms. The Labute approximate surface area is 171 Å². The normalized spacial score (nSPS) is 11.1. The third-order valence-electron chi connectivity index (χ3n) is 4.42. The number of hydrogen-bond acceptors (Lipinski definition) is 4. The molecule has 2 aromatic carbocycles. The van der Waals surface area contributed by atoms with Crippen LogP contribution in [0.15, 0.2) is 66.1 Å². The summed E-state index contributed by atoms with van der Waals surface area (Å²) in [4.78, 5) is 8.91. The molecule has 4 nitrogen and oxygen atoms in total. The zero-order chi connectivity index (χ0) is 19.5. The lowest BCUT2D eigenvalue weighted by Crippen LogP contribution is -2.04. The van der Waals surface area contributed by atoms with E-state index < -0.39 is 0 Å².